The number of hydrogen-bond donors (Lipinski definition) is 0. The zero-order valence-electron chi connectivity index (χ0n) is 11.9. The minimum atomic E-state index is -2.12. The second-order valence-corrected chi connectivity index (χ2v) is 8.18. The van der Waals surface area contributed by atoms with Crippen LogP contribution >= 0.6 is 6.89 Å². The SMILES string of the molecule is CCCCP(=C=O)(CCCC)C(=C=O)CCC=C=O. The Morgan fingerprint density at radius 1 is 1.05 bits per heavy atom. The monoisotopic (exact) mass is 282 g/mol. The first-order valence-electron chi connectivity index (χ1n) is 6.91. The molecule has 0 aliphatic carbocycles. The van der Waals surface area contributed by atoms with E-state index in [0.29, 0.717) is 18.2 Å². The van der Waals surface area contributed by atoms with Crippen molar-refractivity contribution < 1.29 is 14.4 Å². The molecule has 0 aromatic heterocycles. The minimum absolute atomic E-state index is 0.440. The van der Waals surface area contributed by atoms with Gasteiger partial charge in [0, 0.05) is 18.3 Å². The van der Waals surface area contributed by atoms with Crippen molar-refractivity contribution in [2.24, 2.45) is 0 Å². The van der Waals surface area contributed by atoms with Gasteiger partial charge in [0.15, 0.2) is 0 Å². The number of rotatable bonds is 10. The third kappa shape index (κ3) is 6.06. The van der Waals surface area contributed by atoms with E-state index in [4.69, 9.17) is 0 Å². The van der Waals surface area contributed by atoms with Crippen molar-refractivity contribution in [3.8, 4) is 0 Å². The van der Waals surface area contributed by atoms with E-state index in [1.807, 2.05) is 5.94 Å². The van der Waals surface area contributed by atoms with Gasteiger partial charge in [-0.25, -0.2) is 14.4 Å². The fourth-order valence-corrected chi connectivity index (χ4v) is 5.50. The van der Waals surface area contributed by atoms with Crippen molar-refractivity contribution in [2.75, 3.05) is 12.3 Å². The third-order valence-corrected chi connectivity index (χ3v) is 7.06. The molecule has 0 radical (unpaired) electrons. The van der Waals surface area contributed by atoms with Crippen molar-refractivity contribution in [1.29, 1.82) is 0 Å². The lowest BCUT2D eigenvalue weighted by Gasteiger charge is -2.22. The van der Waals surface area contributed by atoms with Crippen molar-refractivity contribution in [3.05, 3.63) is 11.4 Å². The maximum atomic E-state index is 11.5. The minimum Gasteiger partial charge on any atom is -0.234 e. The zero-order chi connectivity index (χ0) is 14.6. The molecule has 106 valence electrons. The predicted molar refractivity (Wildman–Crippen MR) is 80.9 cm³/mol. The molecule has 0 saturated carbocycles. The van der Waals surface area contributed by atoms with Crippen LogP contribution in [0.15, 0.2) is 11.4 Å². The van der Waals surface area contributed by atoms with Crippen LogP contribution in [0, 0.1) is 0 Å². The summed E-state index contributed by atoms with van der Waals surface area (Å²) < 4.78 is 0. The van der Waals surface area contributed by atoms with E-state index in [0.717, 1.165) is 38.0 Å². The summed E-state index contributed by atoms with van der Waals surface area (Å²) in [4.78, 5) is 32.9. The van der Waals surface area contributed by atoms with Crippen LogP contribution < -0.4 is 0 Å². The Bertz CT molecular complexity index is 422. The Labute approximate surface area is 115 Å². The van der Waals surface area contributed by atoms with Gasteiger partial charge in [0.2, 0.25) is 0 Å². The van der Waals surface area contributed by atoms with Gasteiger partial charge in [-0.1, -0.05) is 26.7 Å². The van der Waals surface area contributed by atoms with Crippen LogP contribution in [0.1, 0.15) is 52.4 Å². The summed E-state index contributed by atoms with van der Waals surface area (Å²) in [6.45, 7) is 2.01. The normalized spacial score (nSPS) is 10.2. The summed E-state index contributed by atoms with van der Waals surface area (Å²) in [6.07, 6.45) is 7.61. The highest BCUT2D eigenvalue weighted by atomic mass is 31.2. The lowest BCUT2D eigenvalue weighted by Crippen LogP contribution is -2.02. The van der Waals surface area contributed by atoms with E-state index < -0.39 is 6.89 Å². The Morgan fingerprint density at radius 2 is 1.63 bits per heavy atom. The van der Waals surface area contributed by atoms with Crippen molar-refractivity contribution in [2.45, 2.75) is 52.4 Å². The highest BCUT2D eigenvalue weighted by Crippen LogP contribution is 2.55. The molecule has 0 aromatic carbocycles. The molecule has 4 heteroatoms. The number of allylic oxidation sites excluding steroid dienone is 2. The second kappa shape index (κ2) is 10.8. The van der Waals surface area contributed by atoms with Gasteiger partial charge in [-0.15, -0.1) is 0 Å². The Morgan fingerprint density at radius 3 is 2.00 bits per heavy atom. The van der Waals surface area contributed by atoms with Crippen LogP contribution in [0.5, 0.6) is 0 Å². The Balaban J connectivity index is 5.21. The first kappa shape index (κ1) is 17.9. The number of carbonyl (C=O) groups excluding carboxylic acids is 3. The molecule has 0 unspecified atom stereocenters. The van der Waals surface area contributed by atoms with Crippen LogP contribution in [0.25, 0.3) is 0 Å². The van der Waals surface area contributed by atoms with E-state index in [1.54, 1.807) is 5.94 Å². The highest BCUT2D eigenvalue weighted by molar-refractivity contribution is 7.78. The van der Waals surface area contributed by atoms with Gasteiger partial charge in [-0.05, 0) is 38.0 Å². The molecule has 3 nitrogen and oxygen atoms in total. The quantitative estimate of drug-likeness (QED) is 0.455. The average molecular weight is 282 g/mol. The fraction of sp³-hybridized carbons (Fsp3) is 0.667. The molecule has 0 aromatic rings. The lowest BCUT2D eigenvalue weighted by molar-refractivity contribution is 0.565. The molecular formula is C15H23O3P. The van der Waals surface area contributed by atoms with Gasteiger partial charge < -0.3 is 0 Å². The maximum absolute atomic E-state index is 11.5. The summed E-state index contributed by atoms with van der Waals surface area (Å²) >= 11 is 0. The van der Waals surface area contributed by atoms with Gasteiger partial charge in [-0.2, -0.15) is 0 Å². The smallest absolute Gasteiger partial charge is 0.129 e. The molecule has 0 aliphatic heterocycles. The summed E-state index contributed by atoms with van der Waals surface area (Å²) in [5.41, 5.74) is 2.21. The molecule has 0 saturated heterocycles. The van der Waals surface area contributed by atoms with Gasteiger partial charge in [0.25, 0.3) is 0 Å². The molecule has 0 fully saturated rings. The molecule has 0 atom stereocenters. The standard InChI is InChI=1S/C15H23O3P/c1-3-5-11-19(14-18,12-6-4-2)15(13-17)9-7-8-10-16/h8H,3-7,9,11-12H2,1-2H3. The predicted octanol–water partition coefficient (Wildman–Crippen LogP) is 3.55. The van der Waals surface area contributed by atoms with Gasteiger partial charge in [0.05, 0.1) is 0 Å². The average Bonchev–Trinajstić information content (AvgIpc) is 2.45. The van der Waals surface area contributed by atoms with Crippen molar-refractivity contribution in [3.63, 3.8) is 0 Å². The third-order valence-electron chi connectivity index (χ3n) is 3.20. The molecule has 0 spiro atoms. The largest absolute Gasteiger partial charge is 0.234 e. The van der Waals surface area contributed by atoms with Crippen molar-refractivity contribution in [1.82, 2.24) is 0 Å². The van der Waals surface area contributed by atoms with Gasteiger partial charge in [-0.3, -0.25) is 0 Å². The van der Waals surface area contributed by atoms with Crippen LogP contribution in [-0.2, 0) is 14.4 Å². The molecule has 0 heterocycles. The van der Waals surface area contributed by atoms with E-state index in [2.05, 4.69) is 19.5 Å². The van der Waals surface area contributed by atoms with Crippen LogP contribution in [0.4, 0.5) is 0 Å². The lowest BCUT2D eigenvalue weighted by atomic mass is 10.3. The summed E-state index contributed by atoms with van der Waals surface area (Å²) in [7, 11) is 0. The van der Waals surface area contributed by atoms with Crippen LogP contribution in [0.3, 0.4) is 0 Å². The van der Waals surface area contributed by atoms with E-state index in [1.165, 1.54) is 6.08 Å². The van der Waals surface area contributed by atoms with Gasteiger partial charge >= 0.3 is 0 Å². The zero-order valence-corrected chi connectivity index (χ0v) is 12.8. The molecule has 19 heavy (non-hydrogen) atoms. The summed E-state index contributed by atoms with van der Waals surface area (Å²) in [5.74, 6) is 3.67. The van der Waals surface area contributed by atoms with Gasteiger partial charge in [0.1, 0.15) is 17.5 Å². The first-order chi connectivity index (χ1) is 9.20. The summed E-state index contributed by atoms with van der Waals surface area (Å²) in [5, 5.41) is 0.566. The fourth-order valence-electron chi connectivity index (χ4n) is 2.00. The Kier molecular flexibility index (Phi) is 10.2. The van der Waals surface area contributed by atoms with E-state index in [9.17, 15) is 14.4 Å². The Hall–Kier alpha value is -1.09. The molecule has 0 bridgehead atoms. The molecule has 0 rings (SSSR count). The molecular weight excluding hydrogens is 259 g/mol. The number of unbranched alkanes of at least 4 members (excludes halogenated alkanes) is 2. The van der Waals surface area contributed by atoms with Crippen molar-refractivity contribution >= 4 is 24.4 Å². The van der Waals surface area contributed by atoms with Crippen LogP contribution in [0.2, 0.25) is 0 Å². The van der Waals surface area contributed by atoms with E-state index >= 15 is 0 Å². The molecule has 0 aliphatic rings. The van der Waals surface area contributed by atoms with Crippen LogP contribution in [-0.4, -0.2) is 29.9 Å². The summed E-state index contributed by atoms with van der Waals surface area (Å²) in [6, 6.07) is 0. The number of hydrogen-bond acceptors (Lipinski definition) is 3. The highest BCUT2D eigenvalue weighted by Gasteiger charge is 2.24. The first-order valence-corrected chi connectivity index (χ1v) is 9.07. The second-order valence-electron chi connectivity index (χ2n) is 4.62. The molecule has 0 N–H and O–H groups in total. The van der Waals surface area contributed by atoms with E-state index in [-0.39, 0.29) is 0 Å². The maximum Gasteiger partial charge on any atom is 0.129 e. The molecule has 0 amide bonds. The topological polar surface area (TPSA) is 51.2 Å².